The fourth-order valence-corrected chi connectivity index (χ4v) is 3.60. The van der Waals surface area contributed by atoms with Gasteiger partial charge in [-0.1, -0.05) is 73.7 Å². The average molecular weight is 375 g/mol. The smallest absolute Gasteiger partial charge is 0.318 e. The van der Waals surface area contributed by atoms with Crippen molar-refractivity contribution in [1.29, 1.82) is 5.26 Å². The largest absolute Gasteiger partial charge is 0.394 e. The van der Waals surface area contributed by atoms with Crippen LogP contribution in [0.5, 0.6) is 0 Å². The van der Waals surface area contributed by atoms with Crippen LogP contribution in [0, 0.1) is 11.3 Å². The van der Waals surface area contributed by atoms with Gasteiger partial charge in [-0.3, -0.25) is 0 Å². The molecule has 0 unspecified atom stereocenters. The molecule has 0 radical (unpaired) electrons. The van der Waals surface area contributed by atoms with Gasteiger partial charge < -0.3 is 15.3 Å². The number of carbonyl (C=O) groups is 1. The molecule has 0 bridgehead atoms. The standard InChI is InChI=1S/C23H25N3O2/c1-2-14-25-23(28)26-20(15-24)22(21(26)16-27)19-12-10-18(11-13-19)9-8-17-6-4-3-5-7-17/h3-13,20-22,27H,2,14,16H2,1H3,(H,25,28)/b9-8+/t20-,21-,22-/m1/s1. The number of nitrogens with zero attached hydrogens (tertiary/aromatic N) is 2. The monoisotopic (exact) mass is 375 g/mol. The van der Waals surface area contributed by atoms with Gasteiger partial charge in [0.1, 0.15) is 6.04 Å². The van der Waals surface area contributed by atoms with Crippen molar-refractivity contribution in [3.05, 3.63) is 71.3 Å². The van der Waals surface area contributed by atoms with Gasteiger partial charge in [-0.15, -0.1) is 0 Å². The van der Waals surface area contributed by atoms with E-state index in [2.05, 4.69) is 11.4 Å². The molecule has 0 spiro atoms. The van der Waals surface area contributed by atoms with Gasteiger partial charge in [0, 0.05) is 12.5 Å². The molecule has 28 heavy (non-hydrogen) atoms. The number of hydrogen-bond acceptors (Lipinski definition) is 3. The highest BCUT2D eigenvalue weighted by atomic mass is 16.3. The summed E-state index contributed by atoms with van der Waals surface area (Å²) < 4.78 is 0. The Hall–Kier alpha value is -3.10. The first-order valence-corrected chi connectivity index (χ1v) is 9.59. The van der Waals surface area contributed by atoms with Crippen LogP contribution in [-0.2, 0) is 0 Å². The first-order valence-electron chi connectivity index (χ1n) is 9.59. The normalized spacial score (nSPS) is 21.2. The van der Waals surface area contributed by atoms with Gasteiger partial charge in [-0.25, -0.2) is 4.79 Å². The molecule has 3 rings (SSSR count). The van der Waals surface area contributed by atoms with Crippen molar-refractivity contribution >= 4 is 18.2 Å². The summed E-state index contributed by atoms with van der Waals surface area (Å²) in [6.07, 6.45) is 4.91. The van der Waals surface area contributed by atoms with E-state index in [1.54, 1.807) is 0 Å². The molecule has 1 aliphatic heterocycles. The highest BCUT2D eigenvalue weighted by Crippen LogP contribution is 2.40. The molecular formula is C23H25N3O2. The summed E-state index contributed by atoms with van der Waals surface area (Å²) >= 11 is 0. The maximum absolute atomic E-state index is 12.3. The molecule has 2 aromatic rings. The second-order valence-corrected chi connectivity index (χ2v) is 6.90. The second-order valence-electron chi connectivity index (χ2n) is 6.90. The van der Waals surface area contributed by atoms with E-state index >= 15 is 0 Å². The lowest BCUT2D eigenvalue weighted by molar-refractivity contribution is 0.0169. The van der Waals surface area contributed by atoms with Gasteiger partial charge in [-0.05, 0) is 23.1 Å². The van der Waals surface area contributed by atoms with Crippen molar-refractivity contribution in [3.63, 3.8) is 0 Å². The zero-order valence-corrected chi connectivity index (χ0v) is 16.0. The summed E-state index contributed by atoms with van der Waals surface area (Å²) in [5.74, 6) is -0.186. The molecule has 2 aromatic carbocycles. The Bertz CT molecular complexity index is 856. The van der Waals surface area contributed by atoms with Crippen LogP contribution in [0.2, 0.25) is 0 Å². The number of aliphatic hydroxyl groups is 1. The summed E-state index contributed by atoms with van der Waals surface area (Å²) in [5.41, 5.74) is 3.14. The summed E-state index contributed by atoms with van der Waals surface area (Å²) in [7, 11) is 0. The Kier molecular flexibility index (Phi) is 6.46. The van der Waals surface area contributed by atoms with Crippen molar-refractivity contribution < 1.29 is 9.90 Å². The highest BCUT2D eigenvalue weighted by molar-refractivity contribution is 5.77. The SMILES string of the molecule is CCCNC(=O)N1[C@H](C#N)[C@@H](c2ccc(/C=C/c3ccccc3)cc2)[C@H]1CO. The predicted octanol–water partition coefficient (Wildman–Crippen LogP) is 3.63. The molecule has 1 heterocycles. The van der Waals surface area contributed by atoms with Crippen LogP contribution in [0.3, 0.4) is 0 Å². The molecule has 2 amide bonds. The lowest BCUT2D eigenvalue weighted by atomic mass is 9.76. The summed E-state index contributed by atoms with van der Waals surface area (Å²) in [4.78, 5) is 13.8. The number of nitriles is 1. The third kappa shape index (κ3) is 4.08. The lowest BCUT2D eigenvalue weighted by Gasteiger charge is -2.51. The number of rotatable bonds is 6. The van der Waals surface area contributed by atoms with Crippen LogP contribution in [0.1, 0.15) is 36.0 Å². The topological polar surface area (TPSA) is 76.4 Å². The zero-order valence-electron chi connectivity index (χ0n) is 16.0. The van der Waals surface area contributed by atoms with Crippen LogP contribution < -0.4 is 5.32 Å². The Labute approximate surface area is 165 Å². The number of hydrogen-bond donors (Lipinski definition) is 2. The third-order valence-electron chi connectivity index (χ3n) is 5.08. The molecule has 2 N–H and O–H groups in total. The minimum absolute atomic E-state index is 0.169. The summed E-state index contributed by atoms with van der Waals surface area (Å²) in [5, 5.41) is 22.2. The van der Waals surface area contributed by atoms with Gasteiger partial charge in [0.15, 0.2) is 0 Å². The number of urea groups is 1. The number of nitrogens with one attached hydrogen (secondary N) is 1. The van der Waals surface area contributed by atoms with E-state index in [0.29, 0.717) is 6.54 Å². The van der Waals surface area contributed by atoms with Crippen LogP contribution in [-0.4, -0.2) is 41.3 Å². The van der Waals surface area contributed by atoms with Crippen LogP contribution in [0.25, 0.3) is 12.2 Å². The Morgan fingerprint density at radius 3 is 2.36 bits per heavy atom. The van der Waals surface area contributed by atoms with Crippen molar-refractivity contribution in [1.82, 2.24) is 10.2 Å². The Morgan fingerprint density at radius 1 is 1.14 bits per heavy atom. The Morgan fingerprint density at radius 2 is 1.79 bits per heavy atom. The molecule has 1 fully saturated rings. The second kappa shape index (κ2) is 9.20. The Balaban J connectivity index is 1.73. The van der Waals surface area contributed by atoms with E-state index in [1.165, 1.54) is 4.90 Å². The van der Waals surface area contributed by atoms with Gasteiger partial charge in [0.05, 0.1) is 18.7 Å². The maximum Gasteiger partial charge on any atom is 0.318 e. The van der Waals surface area contributed by atoms with Crippen LogP contribution in [0.4, 0.5) is 4.79 Å². The minimum atomic E-state index is -0.570. The van der Waals surface area contributed by atoms with Crippen LogP contribution in [0.15, 0.2) is 54.6 Å². The van der Waals surface area contributed by atoms with Gasteiger partial charge >= 0.3 is 6.03 Å². The minimum Gasteiger partial charge on any atom is -0.394 e. The fourth-order valence-electron chi connectivity index (χ4n) is 3.60. The van der Waals surface area contributed by atoms with E-state index in [0.717, 1.165) is 23.1 Å². The van der Waals surface area contributed by atoms with Crippen LogP contribution >= 0.6 is 0 Å². The number of benzene rings is 2. The number of amides is 2. The van der Waals surface area contributed by atoms with Crippen molar-refractivity contribution in [2.45, 2.75) is 31.3 Å². The molecular weight excluding hydrogens is 350 g/mol. The van der Waals surface area contributed by atoms with E-state index in [4.69, 9.17) is 0 Å². The molecule has 0 saturated carbocycles. The molecule has 0 aliphatic carbocycles. The van der Waals surface area contributed by atoms with Gasteiger partial charge in [0.25, 0.3) is 0 Å². The van der Waals surface area contributed by atoms with E-state index in [-0.39, 0.29) is 24.6 Å². The van der Waals surface area contributed by atoms with Crippen molar-refractivity contribution in [3.8, 4) is 6.07 Å². The molecule has 1 saturated heterocycles. The molecule has 3 atom stereocenters. The molecule has 144 valence electrons. The first kappa shape index (κ1) is 19.7. The van der Waals surface area contributed by atoms with Crippen molar-refractivity contribution in [2.24, 2.45) is 0 Å². The summed E-state index contributed by atoms with van der Waals surface area (Å²) in [6.45, 7) is 2.36. The van der Waals surface area contributed by atoms with E-state index < -0.39 is 6.04 Å². The number of carbonyl (C=O) groups excluding carboxylic acids is 1. The molecule has 5 heteroatoms. The average Bonchev–Trinajstić information content (AvgIpc) is 2.72. The lowest BCUT2D eigenvalue weighted by Crippen LogP contribution is -2.67. The summed E-state index contributed by atoms with van der Waals surface area (Å²) in [6, 6.07) is 19.0. The molecule has 5 nitrogen and oxygen atoms in total. The van der Waals surface area contributed by atoms with E-state index in [9.17, 15) is 15.2 Å². The molecule has 1 aliphatic rings. The van der Waals surface area contributed by atoms with Gasteiger partial charge in [-0.2, -0.15) is 5.26 Å². The third-order valence-corrected chi connectivity index (χ3v) is 5.08. The zero-order chi connectivity index (χ0) is 19.9. The molecule has 0 aromatic heterocycles. The van der Waals surface area contributed by atoms with Gasteiger partial charge in [0.2, 0.25) is 0 Å². The number of aliphatic hydroxyl groups excluding tert-OH is 1. The maximum atomic E-state index is 12.3. The predicted molar refractivity (Wildman–Crippen MR) is 110 cm³/mol. The fraction of sp³-hybridized carbons (Fsp3) is 0.304. The highest BCUT2D eigenvalue weighted by Gasteiger charge is 2.51. The van der Waals surface area contributed by atoms with Crippen molar-refractivity contribution in [2.75, 3.05) is 13.2 Å². The van der Waals surface area contributed by atoms with E-state index in [1.807, 2.05) is 73.7 Å². The first-order chi connectivity index (χ1) is 13.7. The number of likely N-dealkylation sites (tertiary alicyclic amines) is 1. The quantitative estimate of drug-likeness (QED) is 0.757.